The number of rotatable bonds is 7. The van der Waals surface area contributed by atoms with Gasteiger partial charge in [0, 0.05) is 18.4 Å². The number of anilines is 5. The standard InChI is InChI=1S/C28H26ClN7O4S/c1-16-15-41-24(26(38)30-2)23(16)34-25-20(29)11-31-27(35-25)32-19-9-8-18-12-36(13-22(37)33-21(18)10-19)28(39)40-14-17-6-4-3-5-7-17/h3-11,15H,12-14H2,1-2H3,(H,30,38)(H,33,37)(H2,31,32,34,35). The maximum absolute atomic E-state index is 12.7. The van der Waals surface area contributed by atoms with Crippen LogP contribution >= 0.6 is 22.9 Å². The molecule has 2 aromatic carbocycles. The molecule has 0 fully saturated rings. The molecule has 13 heteroatoms. The molecule has 1 aliphatic rings. The van der Waals surface area contributed by atoms with E-state index in [1.165, 1.54) is 22.4 Å². The Bertz CT molecular complexity index is 1610. The maximum Gasteiger partial charge on any atom is 0.410 e. The van der Waals surface area contributed by atoms with E-state index in [0.29, 0.717) is 27.8 Å². The lowest BCUT2D eigenvalue weighted by Crippen LogP contribution is -2.35. The smallest absolute Gasteiger partial charge is 0.410 e. The number of thiophene rings is 1. The number of hydrogen-bond donors (Lipinski definition) is 4. The quantitative estimate of drug-likeness (QED) is 0.223. The van der Waals surface area contributed by atoms with Gasteiger partial charge in [-0.15, -0.1) is 11.3 Å². The number of nitrogens with zero attached hydrogens (tertiary/aromatic N) is 3. The first-order valence-corrected chi connectivity index (χ1v) is 13.8. The lowest BCUT2D eigenvalue weighted by Gasteiger charge is -2.19. The molecule has 0 atom stereocenters. The van der Waals surface area contributed by atoms with Crippen molar-refractivity contribution in [2.45, 2.75) is 20.1 Å². The number of aromatic nitrogens is 2. The molecule has 0 spiro atoms. The Morgan fingerprint density at radius 1 is 1.15 bits per heavy atom. The number of amides is 3. The van der Waals surface area contributed by atoms with Gasteiger partial charge in [0.15, 0.2) is 5.82 Å². The zero-order valence-corrected chi connectivity index (χ0v) is 23.7. The molecule has 0 saturated heterocycles. The minimum atomic E-state index is -0.575. The summed E-state index contributed by atoms with van der Waals surface area (Å²) in [6, 6.07) is 14.7. The Hall–Kier alpha value is -4.68. The number of nitrogens with one attached hydrogen (secondary N) is 4. The summed E-state index contributed by atoms with van der Waals surface area (Å²) >= 11 is 7.67. The fraction of sp³-hybridized carbons (Fsp3) is 0.179. The summed E-state index contributed by atoms with van der Waals surface area (Å²) in [5.74, 6) is 0.00912. The second-order valence-corrected chi connectivity index (χ2v) is 10.4. The van der Waals surface area contributed by atoms with E-state index in [2.05, 4.69) is 31.2 Å². The fourth-order valence-corrected chi connectivity index (χ4v) is 5.21. The van der Waals surface area contributed by atoms with Gasteiger partial charge < -0.3 is 26.0 Å². The highest BCUT2D eigenvalue weighted by Crippen LogP contribution is 2.33. The highest BCUT2D eigenvalue weighted by Gasteiger charge is 2.25. The van der Waals surface area contributed by atoms with E-state index in [4.69, 9.17) is 16.3 Å². The average Bonchev–Trinajstić information content (AvgIpc) is 3.24. The molecule has 0 radical (unpaired) electrons. The molecule has 0 saturated carbocycles. The Morgan fingerprint density at radius 2 is 1.95 bits per heavy atom. The average molecular weight is 592 g/mol. The number of benzene rings is 2. The third-order valence-corrected chi connectivity index (χ3v) is 7.57. The number of halogens is 1. The van der Waals surface area contributed by atoms with E-state index in [1.54, 1.807) is 25.2 Å². The molecule has 3 heterocycles. The van der Waals surface area contributed by atoms with Gasteiger partial charge >= 0.3 is 6.09 Å². The molecule has 4 N–H and O–H groups in total. The van der Waals surface area contributed by atoms with E-state index >= 15 is 0 Å². The van der Waals surface area contributed by atoms with Crippen LogP contribution < -0.4 is 21.3 Å². The van der Waals surface area contributed by atoms with Crippen LogP contribution in [0.5, 0.6) is 0 Å². The number of carbonyl (C=O) groups is 3. The third kappa shape index (κ3) is 6.56. The van der Waals surface area contributed by atoms with Crippen LogP contribution in [0.4, 0.5) is 33.6 Å². The highest BCUT2D eigenvalue weighted by atomic mass is 35.5. The molecule has 0 aliphatic carbocycles. The van der Waals surface area contributed by atoms with Crippen molar-refractivity contribution in [3.63, 3.8) is 0 Å². The first kappa shape index (κ1) is 27.9. The predicted octanol–water partition coefficient (Wildman–Crippen LogP) is 5.44. The van der Waals surface area contributed by atoms with E-state index in [-0.39, 0.29) is 42.5 Å². The molecule has 1 aliphatic heterocycles. The van der Waals surface area contributed by atoms with Crippen LogP contribution in [0, 0.1) is 6.92 Å². The number of aryl methyl sites for hydroxylation is 1. The van der Waals surface area contributed by atoms with Crippen molar-refractivity contribution in [1.29, 1.82) is 0 Å². The lowest BCUT2D eigenvalue weighted by atomic mass is 10.1. The van der Waals surface area contributed by atoms with Crippen LogP contribution in [0.15, 0.2) is 60.1 Å². The second-order valence-electron chi connectivity index (χ2n) is 9.16. The van der Waals surface area contributed by atoms with Crippen molar-refractivity contribution in [1.82, 2.24) is 20.2 Å². The summed E-state index contributed by atoms with van der Waals surface area (Å²) in [4.78, 5) is 48.2. The molecule has 210 valence electrons. The molecule has 41 heavy (non-hydrogen) atoms. The first-order valence-electron chi connectivity index (χ1n) is 12.6. The van der Waals surface area contributed by atoms with Crippen molar-refractivity contribution in [2.24, 2.45) is 0 Å². The van der Waals surface area contributed by atoms with Gasteiger partial charge in [0.1, 0.15) is 23.1 Å². The van der Waals surface area contributed by atoms with Crippen LogP contribution in [-0.2, 0) is 22.7 Å². The highest BCUT2D eigenvalue weighted by molar-refractivity contribution is 7.12. The van der Waals surface area contributed by atoms with Gasteiger partial charge in [0.2, 0.25) is 11.9 Å². The molecule has 5 rings (SSSR count). The van der Waals surface area contributed by atoms with Gasteiger partial charge in [-0.1, -0.05) is 48.0 Å². The third-order valence-electron chi connectivity index (χ3n) is 6.19. The normalized spacial score (nSPS) is 12.6. The first-order chi connectivity index (χ1) is 19.8. The Morgan fingerprint density at radius 3 is 2.73 bits per heavy atom. The van der Waals surface area contributed by atoms with Crippen LogP contribution in [0.1, 0.15) is 26.4 Å². The van der Waals surface area contributed by atoms with Crippen molar-refractivity contribution >= 4 is 69.7 Å². The summed E-state index contributed by atoms with van der Waals surface area (Å²) in [6.45, 7) is 2.06. The Kier molecular flexibility index (Phi) is 8.31. The molecule has 3 amide bonds. The molecular formula is C28H26ClN7O4S. The zero-order chi connectivity index (χ0) is 28.9. The van der Waals surface area contributed by atoms with Crippen molar-refractivity contribution in [2.75, 3.05) is 29.5 Å². The lowest BCUT2D eigenvalue weighted by molar-refractivity contribution is -0.117. The number of ether oxygens (including phenoxy) is 1. The van der Waals surface area contributed by atoms with Gasteiger partial charge in [-0.2, -0.15) is 4.98 Å². The summed E-state index contributed by atoms with van der Waals surface area (Å²) in [7, 11) is 1.57. The van der Waals surface area contributed by atoms with Crippen LogP contribution in [0.3, 0.4) is 0 Å². The molecule has 0 unspecified atom stereocenters. The summed E-state index contributed by atoms with van der Waals surface area (Å²) < 4.78 is 5.42. The van der Waals surface area contributed by atoms with Crippen molar-refractivity contribution < 1.29 is 19.1 Å². The zero-order valence-electron chi connectivity index (χ0n) is 22.2. The molecule has 2 aromatic heterocycles. The minimum Gasteiger partial charge on any atom is -0.445 e. The van der Waals surface area contributed by atoms with Crippen molar-refractivity contribution in [3.8, 4) is 0 Å². The summed E-state index contributed by atoms with van der Waals surface area (Å²) in [5, 5.41) is 13.9. The molecule has 11 nitrogen and oxygen atoms in total. The van der Waals surface area contributed by atoms with Crippen LogP contribution in [-0.4, -0.2) is 46.4 Å². The number of carbonyl (C=O) groups excluding carboxylic acids is 3. The van der Waals surface area contributed by atoms with E-state index < -0.39 is 6.09 Å². The van der Waals surface area contributed by atoms with Gasteiger partial charge in [0.05, 0.1) is 18.4 Å². The fourth-order valence-electron chi connectivity index (χ4n) is 4.12. The molecular weight excluding hydrogens is 566 g/mol. The Labute approximate surface area is 244 Å². The van der Waals surface area contributed by atoms with Gasteiger partial charge in [-0.3, -0.25) is 14.5 Å². The second kappa shape index (κ2) is 12.2. The Balaban J connectivity index is 1.30. The number of hydrogen-bond acceptors (Lipinski definition) is 9. The minimum absolute atomic E-state index is 0.116. The van der Waals surface area contributed by atoms with Crippen molar-refractivity contribution in [3.05, 3.63) is 86.7 Å². The van der Waals surface area contributed by atoms with E-state index in [0.717, 1.165) is 16.7 Å². The van der Waals surface area contributed by atoms with Crippen LogP contribution in [0.2, 0.25) is 5.02 Å². The van der Waals surface area contributed by atoms with Gasteiger partial charge in [0.25, 0.3) is 5.91 Å². The predicted molar refractivity (Wildman–Crippen MR) is 158 cm³/mol. The van der Waals surface area contributed by atoms with E-state index in [9.17, 15) is 14.4 Å². The molecule has 4 aromatic rings. The largest absolute Gasteiger partial charge is 0.445 e. The summed E-state index contributed by atoms with van der Waals surface area (Å²) in [6.07, 6.45) is 0.874. The maximum atomic E-state index is 12.7. The summed E-state index contributed by atoms with van der Waals surface area (Å²) in [5.41, 5.74) is 4.24. The SMILES string of the molecule is CNC(=O)c1scc(C)c1Nc1nc(Nc2ccc3c(c2)NC(=O)CN(C(=O)OCc2ccccc2)C3)ncc1Cl. The van der Waals surface area contributed by atoms with Gasteiger partial charge in [-0.05, 0) is 41.1 Å². The van der Waals surface area contributed by atoms with E-state index in [1.807, 2.05) is 42.6 Å². The van der Waals surface area contributed by atoms with Crippen LogP contribution in [0.25, 0.3) is 0 Å². The van der Waals surface area contributed by atoms with Gasteiger partial charge in [-0.25, -0.2) is 9.78 Å². The monoisotopic (exact) mass is 591 g/mol. The number of fused-ring (bicyclic) bond motifs is 1. The molecule has 0 bridgehead atoms. The topological polar surface area (TPSA) is 138 Å².